The Morgan fingerprint density at radius 2 is 1.95 bits per heavy atom. The van der Waals surface area contributed by atoms with Crippen LogP contribution in [-0.4, -0.2) is 59.8 Å². The van der Waals surface area contributed by atoms with Gasteiger partial charge in [-0.2, -0.15) is 27.1 Å². The van der Waals surface area contributed by atoms with Gasteiger partial charge in [0, 0.05) is 12.1 Å². The highest BCUT2D eigenvalue weighted by Crippen LogP contribution is 2.40. The zero-order chi connectivity index (χ0) is 28.6. The van der Waals surface area contributed by atoms with Gasteiger partial charge < -0.3 is 14.6 Å². The molecule has 0 saturated heterocycles. The van der Waals surface area contributed by atoms with E-state index in [-0.39, 0.29) is 40.3 Å². The Labute approximate surface area is 213 Å². The van der Waals surface area contributed by atoms with Crippen molar-refractivity contribution in [2.45, 2.75) is 62.9 Å². The number of carboxylic acid groups (broad SMARTS) is 1. The van der Waals surface area contributed by atoms with Gasteiger partial charge in [-0.1, -0.05) is 0 Å². The largest absolute Gasteiger partial charge is 0.486 e. The summed E-state index contributed by atoms with van der Waals surface area (Å²) in [7, 11) is -4.59. The van der Waals surface area contributed by atoms with E-state index in [1.165, 1.54) is 19.1 Å². The number of hydrogen-bond donors (Lipinski definition) is 2. The Morgan fingerprint density at radius 3 is 2.50 bits per heavy atom. The van der Waals surface area contributed by atoms with E-state index in [0.717, 1.165) is 10.4 Å². The Kier molecular flexibility index (Phi) is 7.81. The second-order valence-electron chi connectivity index (χ2n) is 8.75. The lowest BCUT2D eigenvalue weighted by Gasteiger charge is -2.35. The molecule has 0 aliphatic carbocycles. The lowest BCUT2D eigenvalue weighted by molar-refractivity contribution is -0.242. The molecule has 3 rings (SSSR count). The molecule has 0 radical (unpaired) electrons. The van der Waals surface area contributed by atoms with Crippen molar-refractivity contribution in [1.82, 2.24) is 9.78 Å². The average molecular weight is 570 g/mol. The minimum absolute atomic E-state index is 0.0661. The number of fused-ring (bicyclic) bond motifs is 1. The Morgan fingerprint density at radius 1 is 1.29 bits per heavy atom. The summed E-state index contributed by atoms with van der Waals surface area (Å²) in [5.74, 6) is -1.23. The van der Waals surface area contributed by atoms with Gasteiger partial charge in [-0.3, -0.25) is 14.4 Å². The fourth-order valence-corrected chi connectivity index (χ4v) is 5.08. The highest BCUT2D eigenvalue weighted by atomic mass is 32.2. The molecule has 1 atom stereocenters. The molecule has 1 aliphatic rings. The van der Waals surface area contributed by atoms with Gasteiger partial charge >= 0.3 is 24.8 Å². The van der Waals surface area contributed by atoms with E-state index in [9.17, 15) is 40.0 Å². The molecule has 1 aliphatic heterocycles. The lowest BCUT2D eigenvalue weighted by Crippen LogP contribution is -2.44. The number of aliphatic carboxylic acids is 1. The molecule has 38 heavy (non-hydrogen) atoms. The molecule has 2 heterocycles. The number of alkyl halides is 5. The van der Waals surface area contributed by atoms with E-state index in [2.05, 4.69) is 15.2 Å². The molecule has 2 aromatic rings. The fraction of sp³-hybridized carbons (Fsp3) is 0.476. The minimum atomic E-state index is -4.87. The maximum Gasteiger partial charge on any atom is 0.427 e. The number of aryl methyl sites for hydroxylation is 1. The van der Waals surface area contributed by atoms with E-state index >= 15 is 0 Å². The summed E-state index contributed by atoms with van der Waals surface area (Å²) in [5.41, 5.74) is -3.43. The van der Waals surface area contributed by atoms with Crippen LogP contribution in [0.3, 0.4) is 0 Å². The predicted octanol–water partition coefficient (Wildman–Crippen LogP) is 4.30. The number of rotatable bonds is 8. The van der Waals surface area contributed by atoms with Crippen molar-refractivity contribution >= 4 is 33.5 Å². The van der Waals surface area contributed by atoms with Crippen LogP contribution in [0.25, 0.3) is 0 Å². The summed E-state index contributed by atoms with van der Waals surface area (Å²) in [6, 6.07) is 3.49. The molecule has 1 aromatic carbocycles. The van der Waals surface area contributed by atoms with Crippen LogP contribution >= 0.6 is 0 Å². The summed E-state index contributed by atoms with van der Waals surface area (Å²) in [6.07, 6.45) is -7.13. The molecule has 0 saturated carbocycles. The molecular weight excluding hydrogens is 547 g/mol. The molecule has 1 unspecified atom stereocenters. The smallest absolute Gasteiger partial charge is 0.427 e. The van der Waals surface area contributed by atoms with E-state index in [0.29, 0.717) is 20.0 Å². The molecular formula is C21H23F5N4O7S. The first kappa shape index (κ1) is 28.9. The Bertz CT molecular complexity index is 1330. The van der Waals surface area contributed by atoms with E-state index < -0.39 is 58.0 Å². The van der Waals surface area contributed by atoms with Crippen LogP contribution in [0, 0.1) is 6.92 Å². The van der Waals surface area contributed by atoms with Crippen LogP contribution in [0.4, 0.5) is 38.1 Å². The minimum Gasteiger partial charge on any atom is -0.486 e. The number of ether oxygens (including phenoxy) is 2. The van der Waals surface area contributed by atoms with Crippen molar-refractivity contribution in [3.05, 3.63) is 30.1 Å². The second kappa shape index (κ2) is 10.3. The summed E-state index contributed by atoms with van der Waals surface area (Å²) >= 11 is 0. The molecule has 11 nitrogen and oxygen atoms in total. The highest BCUT2D eigenvalue weighted by Gasteiger charge is 2.51. The number of hydrogen-bond acceptors (Lipinski definition) is 7. The molecule has 0 bridgehead atoms. The molecule has 17 heteroatoms. The van der Waals surface area contributed by atoms with Crippen molar-refractivity contribution < 1.29 is 54.5 Å². The Hall–Kier alpha value is -3.63. The molecule has 2 N–H and O–H groups in total. The van der Waals surface area contributed by atoms with Gasteiger partial charge in [-0.25, -0.2) is 17.9 Å². The van der Waals surface area contributed by atoms with Gasteiger partial charge in [0.15, 0.2) is 0 Å². The molecule has 1 aromatic heterocycles. The van der Waals surface area contributed by atoms with E-state index in [4.69, 9.17) is 9.84 Å². The van der Waals surface area contributed by atoms with Crippen LogP contribution in [0.2, 0.25) is 0 Å². The number of halogens is 5. The number of nitrogens with one attached hydrogen (secondary N) is 1. The summed E-state index contributed by atoms with van der Waals surface area (Å²) in [5, 5.41) is 14.6. The van der Waals surface area contributed by atoms with Crippen LogP contribution in [-0.2, 0) is 19.6 Å². The van der Waals surface area contributed by atoms with Crippen molar-refractivity contribution in [2.24, 2.45) is 0 Å². The van der Waals surface area contributed by atoms with Crippen molar-refractivity contribution in [3.63, 3.8) is 0 Å². The van der Waals surface area contributed by atoms with Gasteiger partial charge in [0.2, 0.25) is 5.60 Å². The van der Waals surface area contributed by atoms with Gasteiger partial charge in [0.25, 0.3) is 10.0 Å². The number of amides is 1. The average Bonchev–Trinajstić information content (AvgIpc) is 3.18. The number of nitrogens with zero attached hydrogens (tertiary/aromatic N) is 3. The first-order valence-electron chi connectivity index (χ1n) is 10.9. The number of anilines is 2. The van der Waals surface area contributed by atoms with E-state index in [1.54, 1.807) is 0 Å². The van der Waals surface area contributed by atoms with Crippen molar-refractivity contribution in [2.75, 3.05) is 16.2 Å². The first-order valence-corrected chi connectivity index (χ1v) is 12.3. The predicted molar refractivity (Wildman–Crippen MR) is 121 cm³/mol. The summed E-state index contributed by atoms with van der Waals surface area (Å²) < 4.78 is 104. The van der Waals surface area contributed by atoms with Gasteiger partial charge in [-0.05, 0) is 45.4 Å². The third-order valence-corrected chi connectivity index (χ3v) is 7.37. The SMILES string of the molecule is Cc1nn(C(F)F)cc1S(=O)(=O)N1CC(CCC(=O)O)Oc2ccc(NC(=O)OC(C)(C)C(F)(F)F)cc21. The van der Waals surface area contributed by atoms with Crippen LogP contribution in [0.1, 0.15) is 38.9 Å². The standard InChI is InChI=1S/C21H23F5N4O7S/c1-11-16(10-29(28-11)18(22)23)38(34,35)30-9-13(5-7-17(31)32)36-15-6-4-12(8-14(15)30)27-19(33)37-20(2,3)21(24,25)26/h4,6,8,10,13,18H,5,7,9H2,1-3H3,(H,27,33)(H,31,32). The molecule has 0 fully saturated rings. The number of benzene rings is 1. The summed E-state index contributed by atoms with van der Waals surface area (Å²) in [4.78, 5) is 22.6. The topological polar surface area (TPSA) is 140 Å². The number of carboxylic acids is 1. The highest BCUT2D eigenvalue weighted by molar-refractivity contribution is 7.92. The molecule has 210 valence electrons. The molecule has 0 spiro atoms. The third kappa shape index (κ3) is 6.08. The van der Waals surface area contributed by atoms with Gasteiger partial charge in [0.05, 0.1) is 24.1 Å². The van der Waals surface area contributed by atoms with E-state index in [1.807, 2.05) is 0 Å². The van der Waals surface area contributed by atoms with Gasteiger partial charge in [-0.15, -0.1) is 0 Å². The number of aromatic nitrogens is 2. The van der Waals surface area contributed by atoms with Crippen LogP contribution in [0.15, 0.2) is 29.3 Å². The number of carbonyl (C=O) groups is 2. The maximum atomic E-state index is 13.5. The normalized spacial score (nSPS) is 16.1. The number of sulfonamides is 1. The zero-order valence-corrected chi connectivity index (χ0v) is 20.9. The van der Waals surface area contributed by atoms with Crippen LogP contribution < -0.4 is 14.4 Å². The first-order chi connectivity index (χ1) is 17.4. The zero-order valence-electron chi connectivity index (χ0n) is 20.1. The second-order valence-corrected chi connectivity index (χ2v) is 10.6. The Balaban J connectivity index is 1.99. The van der Waals surface area contributed by atoms with Crippen LogP contribution in [0.5, 0.6) is 5.75 Å². The molecule has 1 amide bonds. The third-order valence-electron chi connectivity index (χ3n) is 5.49. The lowest BCUT2D eigenvalue weighted by atomic mass is 10.1. The van der Waals surface area contributed by atoms with Crippen molar-refractivity contribution in [1.29, 1.82) is 0 Å². The monoisotopic (exact) mass is 570 g/mol. The van der Waals surface area contributed by atoms with Gasteiger partial charge in [0.1, 0.15) is 16.7 Å². The number of carbonyl (C=O) groups excluding carboxylic acids is 1. The van der Waals surface area contributed by atoms with Crippen molar-refractivity contribution in [3.8, 4) is 5.75 Å². The summed E-state index contributed by atoms with van der Waals surface area (Å²) in [6.45, 7) is -1.08. The quantitative estimate of drug-likeness (QED) is 0.448. The fourth-order valence-electron chi connectivity index (χ4n) is 3.42. The maximum absolute atomic E-state index is 13.5.